The van der Waals surface area contributed by atoms with E-state index in [1.165, 1.54) is 17.5 Å². The highest BCUT2D eigenvalue weighted by atomic mass is 35.5. The molecule has 1 saturated carbocycles. The Hall–Kier alpha value is -0.770. The van der Waals surface area contributed by atoms with Gasteiger partial charge in [-0.2, -0.15) is 0 Å². The fourth-order valence-electron chi connectivity index (χ4n) is 4.40. The molecular formula is C16H25ClN2O. The smallest absolute Gasteiger partial charge is 0.0747 e. The lowest BCUT2D eigenvalue weighted by molar-refractivity contribution is -0.0861. The Morgan fingerprint density at radius 2 is 1.90 bits per heavy atom. The first-order valence-electron chi connectivity index (χ1n) is 7.43. The SMILES string of the molecule is Cl.NCC[C@]12CCCC[C@@]1(O)CCc1ccc(N)cc12. The average Bonchev–Trinajstić information content (AvgIpc) is 2.40. The van der Waals surface area contributed by atoms with Gasteiger partial charge in [0.1, 0.15) is 0 Å². The lowest BCUT2D eigenvalue weighted by Gasteiger charge is -2.54. The van der Waals surface area contributed by atoms with E-state index in [1.807, 2.05) is 6.07 Å². The minimum absolute atomic E-state index is 0. The number of hydrogen-bond acceptors (Lipinski definition) is 3. The molecule has 5 N–H and O–H groups in total. The summed E-state index contributed by atoms with van der Waals surface area (Å²) in [5.41, 5.74) is 14.5. The van der Waals surface area contributed by atoms with Crippen LogP contribution in [0.2, 0.25) is 0 Å². The van der Waals surface area contributed by atoms with E-state index in [9.17, 15) is 5.11 Å². The van der Waals surface area contributed by atoms with Crippen molar-refractivity contribution in [2.45, 2.75) is 56.0 Å². The number of nitrogens with two attached hydrogens (primary N) is 2. The van der Waals surface area contributed by atoms with Crippen LogP contribution in [0, 0.1) is 0 Å². The van der Waals surface area contributed by atoms with Crippen LogP contribution in [0.3, 0.4) is 0 Å². The number of anilines is 1. The molecule has 2 atom stereocenters. The zero-order valence-electron chi connectivity index (χ0n) is 11.9. The van der Waals surface area contributed by atoms with E-state index in [0.29, 0.717) is 6.54 Å². The molecule has 0 heterocycles. The molecule has 1 aromatic rings. The minimum atomic E-state index is -0.578. The largest absolute Gasteiger partial charge is 0.399 e. The summed E-state index contributed by atoms with van der Waals surface area (Å²) in [6, 6.07) is 6.19. The Labute approximate surface area is 127 Å². The maximum atomic E-state index is 11.2. The van der Waals surface area contributed by atoms with Crippen molar-refractivity contribution < 1.29 is 5.11 Å². The standard InChI is InChI=1S/C16H24N2O.ClH/c17-10-9-15-6-1-2-7-16(15,19)8-5-12-3-4-13(18)11-14(12)15;/h3-4,11,19H,1-2,5-10,17-18H2;1H/t15-,16+;/m0./s1. The van der Waals surface area contributed by atoms with Gasteiger partial charge >= 0.3 is 0 Å². The third-order valence-corrected chi connectivity index (χ3v) is 5.36. The number of aryl methyl sites for hydroxylation is 1. The van der Waals surface area contributed by atoms with E-state index in [2.05, 4.69) is 12.1 Å². The molecule has 4 heteroatoms. The van der Waals surface area contributed by atoms with Crippen LogP contribution in [-0.2, 0) is 11.8 Å². The number of hydrogen-bond donors (Lipinski definition) is 3. The Kier molecular flexibility index (Phi) is 4.33. The highest BCUT2D eigenvalue weighted by molar-refractivity contribution is 5.85. The van der Waals surface area contributed by atoms with E-state index in [4.69, 9.17) is 11.5 Å². The topological polar surface area (TPSA) is 72.3 Å². The summed E-state index contributed by atoms with van der Waals surface area (Å²) in [4.78, 5) is 0. The molecule has 112 valence electrons. The second kappa shape index (κ2) is 5.55. The molecule has 20 heavy (non-hydrogen) atoms. The van der Waals surface area contributed by atoms with Gasteiger partial charge in [0.2, 0.25) is 0 Å². The molecule has 0 spiro atoms. The van der Waals surface area contributed by atoms with Crippen LogP contribution in [0.1, 0.15) is 49.7 Å². The van der Waals surface area contributed by atoms with Gasteiger partial charge in [0.05, 0.1) is 5.60 Å². The molecule has 0 unspecified atom stereocenters. The van der Waals surface area contributed by atoms with E-state index in [-0.39, 0.29) is 17.8 Å². The number of benzene rings is 1. The Bertz CT molecular complexity index is 489. The Balaban J connectivity index is 0.00000147. The number of fused-ring (bicyclic) bond motifs is 3. The molecular weight excluding hydrogens is 272 g/mol. The molecule has 1 fully saturated rings. The van der Waals surface area contributed by atoms with Gasteiger partial charge in [0.15, 0.2) is 0 Å². The van der Waals surface area contributed by atoms with Crippen LogP contribution in [0.25, 0.3) is 0 Å². The summed E-state index contributed by atoms with van der Waals surface area (Å²) in [6.45, 7) is 0.622. The van der Waals surface area contributed by atoms with Crippen LogP contribution < -0.4 is 11.5 Å². The highest BCUT2D eigenvalue weighted by Crippen LogP contribution is 2.54. The van der Waals surface area contributed by atoms with Gasteiger partial charge < -0.3 is 16.6 Å². The van der Waals surface area contributed by atoms with Crippen molar-refractivity contribution in [3.05, 3.63) is 29.3 Å². The van der Waals surface area contributed by atoms with Crippen molar-refractivity contribution in [1.29, 1.82) is 0 Å². The van der Waals surface area contributed by atoms with Gasteiger partial charge in [-0.05, 0) is 61.9 Å². The van der Waals surface area contributed by atoms with Gasteiger partial charge in [0, 0.05) is 11.1 Å². The second-order valence-electron chi connectivity index (χ2n) is 6.28. The summed E-state index contributed by atoms with van der Waals surface area (Å²) in [5, 5.41) is 11.2. The van der Waals surface area contributed by atoms with Crippen molar-refractivity contribution in [3.63, 3.8) is 0 Å². The molecule has 1 aromatic carbocycles. The van der Waals surface area contributed by atoms with Gasteiger partial charge in [-0.15, -0.1) is 12.4 Å². The summed E-state index contributed by atoms with van der Waals surface area (Å²) in [5.74, 6) is 0. The monoisotopic (exact) mass is 296 g/mol. The molecule has 2 aliphatic carbocycles. The first-order valence-corrected chi connectivity index (χ1v) is 7.43. The van der Waals surface area contributed by atoms with Gasteiger partial charge in [-0.1, -0.05) is 18.9 Å². The van der Waals surface area contributed by atoms with Crippen molar-refractivity contribution in [3.8, 4) is 0 Å². The van der Waals surface area contributed by atoms with Gasteiger partial charge in [0.25, 0.3) is 0 Å². The van der Waals surface area contributed by atoms with Crippen LogP contribution in [0.4, 0.5) is 5.69 Å². The van der Waals surface area contributed by atoms with Crippen molar-refractivity contribution in [2.75, 3.05) is 12.3 Å². The predicted octanol–water partition coefficient (Wildman–Crippen LogP) is 2.53. The Morgan fingerprint density at radius 3 is 2.65 bits per heavy atom. The number of rotatable bonds is 2. The first kappa shape index (κ1) is 15.6. The van der Waals surface area contributed by atoms with Gasteiger partial charge in [-0.25, -0.2) is 0 Å². The summed E-state index contributed by atoms with van der Waals surface area (Å²) < 4.78 is 0. The number of halogens is 1. The summed E-state index contributed by atoms with van der Waals surface area (Å²) >= 11 is 0. The molecule has 0 saturated heterocycles. The molecule has 3 nitrogen and oxygen atoms in total. The Morgan fingerprint density at radius 1 is 1.15 bits per heavy atom. The molecule has 0 bridgehead atoms. The lowest BCUT2D eigenvalue weighted by Crippen LogP contribution is -2.57. The van der Waals surface area contributed by atoms with Crippen molar-refractivity contribution in [2.24, 2.45) is 5.73 Å². The molecule has 3 rings (SSSR count). The fraction of sp³-hybridized carbons (Fsp3) is 0.625. The van der Waals surface area contributed by atoms with Crippen LogP contribution >= 0.6 is 12.4 Å². The quantitative estimate of drug-likeness (QED) is 0.734. The number of nitrogen functional groups attached to an aromatic ring is 1. The normalized spacial score (nSPS) is 31.9. The number of aliphatic hydroxyl groups is 1. The molecule has 0 aromatic heterocycles. The van der Waals surface area contributed by atoms with E-state index < -0.39 is 5.60 Å². The zero-order valence-corrected chi connectivity index (χ0v) is 12.7. The maximum Gasteiger partial charge on any atom is 0.0747 e. The van der Waals surface area contributed by atoms with Crippen molar-refractivity contribution in [1.82, 2.24) is 0 Å². The maximum absolute atomic E-state index is 11.2. The van der Waals surface area contributed by atoms with Gasteiger partial charge in [-0.3, -0.25) is 0 Å². The zero-order chi connectivity index (χ0) is 13.5. The van der Waals surface area contributed by atoms with Crippen molar-refractivity contribution >= 4 is 18.1 Å². The second-order valence-corrected chi connectivity index (χ2v) is 6.28. The van der Waals surface area contributed by atoms with E-state index >= 15 is 0 Å². The third kappa shape index (κ3) is 2.12. The fourth-order valence-corrected chi connectivity index (χ4v) is 4.40. The minimum Gasteiger partial charge on any atom is -0.399 e. The predicted molar refractivity (Wildman–Crippen MR) is 85.2 cm³/mol. The third-order valence-electron chi connectivity index (χ3n) is 5.36. The lowest BCUT2D eigenvalue weighted by atomic mass is 9.53. The average molecular weight is 297 g/mol. The van der Waals surface area contributed by atoms with E-state index in [1.54, 1.807) is 0 Å². The summed E-state index contributed by atoms with van der Waals surface area (Å²) in [7, 11) is 0. The highest BCUT2D eigenvalue weighted by Gasteiger charge is 2.54. The van der Waals surface area contributed by atoms with Crippen LogP contribution in [-0.4, -0.2) is 17.3 Å². The van der Waals surface area contributed by atoms with E-state index in [0.717, 1.165) is 44.2 Å². The molecule has 2 aliphatic rings. The van der Waals surface area contributed by atoms with Crippen LogP contribution in [0.15, 0.2) is 18.2 Å². The summed E-state index contributed by atoms with van der Waals surface area (Å²) in [6.07, 6.45) is 6.93. The van der Waals surface area contributed by atoms with Crippen LogP contribution in [0.5, 0.6) is 0 Å². The molecule has 0 radical (unpaired) electrons. The first-order chi connectivity index (χ1) is 9.11. The molecule has 0 aliphatic heterocycles. The molecule has 0 amide bonds.